The summed E-state index contributed by atoms with van der Waals surface area (Å²) in [7, 11) is 1.74. The maximum absolute atomic E-state index is 13.1. The first-order valence-electron chi connectivity index (χ1n) is 8.61. The van der Waals surface area contributed by atoms with E-state index in [0.29, 0.717) is 6.54 Å². The van der Waals surface area contributed by atoms with Gasteiger partial charge in [-0.05, 0) is 24.5 Å². The van der Waals surface area contributed by atoms with Crippen LogP contribution >= 0.6 is 11.3 Å². The Balaban J connectivity index is 1.61. The summed E-state index contributed by atoms with van der Waals surface area (Å²) >= 11 is 1.51. The van der Waals surface area contributed by atoms with E-state index in [9.17, 15) is 9.59 Å². The van der Waals surface area contributed by atoms with Crippen LogP contribution in [0.25, 0.3) is 0 Å². The number of hydrogen-bond acceptors (Lipinski definition) is 6. The number of likely N-dealkylation sites (N-methyl/N-ethyl adjacent to an activating group) is 1. The van der Waals surface area contributed by atoms with E-state index in [2.05, 4.69) is 9.97 Å². The smallest absolute Gasteiger partial charge is 0.254 e. The lowest BCUT2D eigenvalue weighted by atomic mass is 9.98. The first kappa shape index (κ1) is 17.1. The van der Waals surface area contributed by atoms with E-state index in [-0.39, 0.29) is 24.5 Å². The molecule has 1 saturated carbocycles. The SMILES string of the molecule is CN(Cc1nccs1)C(=O)C1OCC(=O)N(C2CC2)C1c1cccnc1. The maximum Gasteiger partial charge on any atom is 0.254 e. The number of hydrogen-bond donors (Lipinski definition) is 0. The van der Waals surface area contributed by atoms with Gasteiger partial charge in [-0.25, -0.2) is 4.98 Å². The van der Waals surface area contributed by atoms with Crippen LogP contribution in [-0.4, -0.2) is 57.4 Å². The van der Waals surface area contributed by atoms with Crippen molar-refractivity contribution in [3.63, 3.8) is 0 Å². The molecule has 26 heavy (non-hydrogen) atoms. The van der Waals surface area contributed by atoms with Crippen LogP contribution in [-0.2, 0) is 20.9 Å². The van der Waals surface area contributed by atoms with E-state index >= 15 is 0 Å². The van der Waals surface area contributed by atoms with Crippen LogP contribution in [0.4, 0.5) is 0 Å². The Kier molecular flexibility index (Phi) is 4.69. The van der Waals surface area contributed by atoms with Gasteiger partial charge in [0.15, 0.2) is 6.10 Å². The van der Waals surface area contributed by atoms with Crippen LogP contribution in [0.1, 0.15) is 29.5 Å². The molecule has 3 heterocycles. The van der Waals surface area contributed by atoms with Gasteiger partial charge in [0.2, 0.25) is 5.91 Å². The Hall–Kier alpha value is -2.32. The molecule has 1 aliphatic heterocycles. The molecular formula is C18H20N4O3S. The monoisotopic (exact) mass is 372 g/mol. The van der Waals surface area contributed by atoms with E-state index in [0.717, 1.165) is 23.4 Å². The molecule has 4 rings (SSSR count). The molecule has 1 aliphatic carbocycles. The normalized spacial score (nSPS) is 23.1. The first-order chi connectivity index (χ1) is 12.6. The van der Waals surface area contributed by atoms with Gasteiger partial charge in [-0.2, -0.15) is 0 Å². The first-order valence-corrected chi connectivity index (χ1v) is 9.49. The van der Waals surface area contributed by atoms with Gasteiger partial charge < -0.3 is 14.5 Å². The molecule has 136 valence electrons. The molecule has 1 saturated heterocycles. The molecular weight excluding hydrogens is 352 g/mol. The lowest BCUT2D eigenvalue weighted by molar-refractivity contribution is -0.170. The summed E-state index contributed by atoms with van der Waals surface area (Å²) < 4.78 is 5.74. The summed E-state index contributed by atoms with van der Waals surface area (Å²) in [6.07, 6.45) is 6.32. The quantitative estimate of drug-likeness (QED) is 0.797. The minimum absolute atomic E-state index is 0.0608. The van der Waals surface area contributed by atoms with Crippen molar-refractivity contribution in [3.8, 4) is 0 Å². The van der Waals surface area contributed by atoms with Crippen LogP contribution < -0.4 is 0 Å². The number of nitrogens with zero attached hydrogens (tertiary/aromatic N) is 4. The molecule has 2 fully saturated rings. The van der Waals surface area contributed by atoms with E-state index in [1.807, 2.05) is 22.4 Å². The molecule has 2 aromatic heterocycles. The van der Waals surface area contributed by atoms with Gasteiger partial charge in [-0.15, -0.1) is 11.3 Å². The molecule has 0 aromatic carbocycles. The molecule has 0 spiro atoms. The highest BCUT2D eigenvalue weighted by Crippen LogP contribution is 2.39. The second-order valence-corrected chi connectivity index (χ2v) is 7.59. The van der Waals surface area contributed by atoms with Gasteiger partial charge in [-0.3, -0.25) is 14.6 Å². The highest BCUT2D eigenvalue weighted by atomic mass is 32.1. The molecule has 2 aliphatic rings. The Morgan fingerprint density at radius 3 is 2.92 bits per heavy atom. The van der Waals surface area contributed by atoms with Crippen LogP contribution in [0.2, 0.25) is 0 Å². The zero-order valence-electron chi connectivity index (χ0n) is 14.4. The van der Waals surface area contributed by atoms with Gasteiger partial charge in [-0.1, -0.05) is 6.07 Å². The second kappa shape index (κ2) is 7.13. The number of amides is 2. The topological polar surface area (TPSA) is 75.6 Å². The Labute approximate surface area is 155 Å². The zero-order valence-corrected chi connectivity index (χ0v) is 15.3. The van der Waals surface area contributed by atoms with Crippen molar-refractivity contribution in [3.05, 3.63) is 46.7 Å². The highest BCUT2D eigenvalue weighted by molar-refractivity contribution is 7.09. The van der Waals surface area contributed by atoms with Crippen LogP contribution in [0, 0.1) is 0 Å². The van der Waals surface area contributed by atoms with E-state index in [4.69, 9.17) is 4.74 Å². The van der Waals surface area contributed by atoms with E-state index < -0.39 is 12.1 Å². The standard InChI is InChI=1S/C18H20N4O3S/c1-21(10-14-20-7-8-26-14)18(24)17-16(12-3-2-6-19-9-12)22(13-4-5-13)15(23)11-25-17/h2-3,6-9,13,16-17H,4-5,10-11H2,1H3. The summed E-state index contributed by atoms with van der Waals surface area (Å²) in [5.41, 5.74) is 0.827. The summed E-state index contributed by atoms with van der Waals surface area (Å²) in [6, 6.07) is 3.47. The summed E-state index contributed by atoms with van der Waals surface area (Å²) in [5.74, 6) is -0.208. The Morgan fingerprint density at radius 2 is 2.27 bits per heavy atom. The number of morpholine rings is 1. The fourth-order valence-electron chi connectivity index (χ4n) is 3.33. The molecule has 2 unspecified atom stereocenters. The Morgan fingerprint density at radius 1 is 1.42 bits per heavy atom. The minimum atomic E-state index is -0.734. The predicted molar refractivity (Wildman–Crippen MR) is 95.2 cm³/mol. The van der Waals surface area contributed by atoms with Crippen molar-refractivity contribution in [1.82, 2.24) is 19.8 Å². The molecule has 0 radical (unpaired) electrons. The van der Waals surface area contributed by atoms with Crippen LogP contribution in [0.5, 0.6) is 0 Å². The van der Waals surface area contributed by atoms with Gasteiger partial charge in [0.1, 0.15) is 11.6 Å². The summed E-state index contributed by atoms with van der Waals surface area (Å²) in [6.45, 7) is 0.363. The summed E-state index contributed by atoms with van der Waals surface area (Å²) in [5, 5.41) is 2.75. The van der Waals surface area contributed by atoms with Crippen LogP contribution in [0.3, 0.4) is 0 Å². The van der Waals surface area contributed by atoms with Crippen LogP contribution in [0.15, 0.2) is 36.1 Å². The van der Waals surface area contributed by atoms with Gasteiger partial charge >= 0.3 is 0 Å². The van der Waals surface area contributed by atoms with E-state index in [1.54, 1.807) is 30.5 Å². The van der Waals surface area contributed by atoms with Gasteiger partial charge in [0, 0.05) is 37.1 Å². The number of ether oxygens (including phenoxy) is 1. The third-order valence-corrected chi connectivity index (χ3v) is 5.47. The molecule has 2 aromatic rings. The highest BCUT2D eigenvalue weighted by Gasteiger charge is 2.48. The minimum Gasteiger partial charge on any atom is -0.356 e. The number of thiazole rings is 1. The van der Waals surface area contributed by atoms with Crippen molar-refractivity contribution < 1.29 is 14.3 Å². The molecule has 0 bridgehead atoms. The molecule has 0 N–H and O–H groups in total. The number of carbonyl (C=O) groups excluding carboxylic acids is 2. The summed E-state index contributed by atoms with van der Waals surface area (Å²) in [4.78, 5) is 37.5. The molecule has 2 atom stereocenters. The Bertz CT molecular complexity index is 779. The molecule has 7 nitrogen and oxygen atoms in total. The fourth-order valence-corrected chi connectivity index (χ4v) is 4.00. The third kappa shape index (κ3) is 3.34. The number of carbonyl (C=O) groups is 2. The lowest BCUT2D eigenvalue weighted by Gasteiger charge is -2.41. The fraction of sp³-hybridized carbons (Fsp3) is 0.444. The molecule has 2 amide bonds. The third-order valence-electron chi connectivity index (χ3n) is 4.70. The van der Waals surface area contributed by atoms with Crippen molar-refractivity contribution in [1.29, 1.82) is 0 Å². The van der Waals surface area contributed by atoms with Crippen molar-refractivity contribution in [2.24, 2.45) is 0 Å². The maximum atomic E-state index is 13.1. The lowest BCUT2D eigenvalue weighted by Crippen LogP contribution is -2.55. The second-order valence-electron chi connectivity index (χ2n) is 6.62. The van der Waals surface area contributed by atoms with Crippen molar-refractivity contribution in [2.45, 2.75) is 37.6 Å². The van der Waals surface area contributed by atoms with Crippen molar-refractivity contribution >= 4 is 23.2 Å². The molecule has 8 heteroatoms. The zero-order chi connectivity index (χ0) is 18.1. The largest absolute Gasteiger partial charge is 0.356 e. The number of pyridine rings is 1. The predicted octanol–water partition coefficient (Wildman–Crippen LogP) is 1.63. The van der Waals surface area contributed by atoms with Gasteiger partial charge in [0.25, 0.3) is 5.91 Å². The average Bonchev–Trinajstić information content (AvgIpc) is 3.37. The van der Waals surface area contributed by atoms with Crippen molar-refractivity contribution in [2.75, 3.05) is 13.7 Å². The number of rotatable bonds is 5. The number of aromatic nitrogens is 2. The van der Waals surface area contributed by atoms with E-state index in [1.165, 1.54) is 11.3 Å². The average molecular weight is 372 g/mol. The van der Waals surface area contributed by atoms with Gasteiger partial charge in [0.05, 0.1) is 12.6 Å².